The Kier molecular flexibility index (Phi) is 6.08. The van der Waals surface area contributed by atoms with E-state index in [2.05, 4.69) is 20.3 Å². The minimum Gasteiger partial charge on any atom is -0.381 e. The van der Waals surface area contributed by atoms with Crippen molar-refractivity contribution in [2.75, 3.05) is 51.2 Å². The second-order valence-corrected chi connectivity index (χ2v) is 7.38. The summed E-state index contributed by atoms with van der Waals surface area (Å²) in [7, 11) is 7.51. The molecule has 1 fully saturated rings. The van der Waals surface area contributed by atoms with Crippen LogP contribution in [0.25, 0.3) is 0 Å². The van der Waals surface area contributed by atoms with Gasteiger partial charge in [-0.25, -0.2) is 0 Å². The van der Waals surface area contributed by atoms with Gasteiger partial charge in [-0.1, -0.05) is 30.3 Å². The number of aromatic nitrogens is 3. The molecular formula is C20H28N6O2. The monoisotopic (exact) mass is 384 g/mol. The van der Waals surface area contributed by atoms with Gasteiger partial charge in [-0.05, 0) is 18.4 Å². The first kappa shape index (κ1) is 20.0. The number of carbonyl (C=O) groups is 1. The molecular weight excluding hydrogens is 356 g/mol. The number of carbonyl (C=O) groups excluding carboxylic acids is 1. The summed E-state index contributed by atoms with van der Waals surface area (Å²) in [6.07, 6.45) is 1.32. The second kappa shape index (κ2) is 8.52. The molecule has 1 aliphatic rings. The molecule has 1 aliphatic heterocycles. The van der Waals surface area contributed by atoms with Crippen LogP contribution in [0.5, 0.6) is 0 Å². The normalized spacial score (nSPS) is 15.7. The molecule has 1 N–H and O–H groups in total. The van der Waals surface area contributed by atoms with Crippen LogP contribution in [0.4, 0.5) is 11.9 Å². The molecule has 3 rings (SSSR count). The highest BCUT2D eigenvalue weighted by Gasteiger charge is 2.41. The molecule has 0 spiro atoms. The number of anilines is 2. The van der Waals surface area contributed by atoms with E-state index in [1.807, 2.05) is 68.3 Å². The Bertz CT molecular complexity index is 777. The predicted molar refractivity (Wildman–Crippen MR) is 109 cm³/mol. The smallest absolute Gasteiger partial charge is 0.231 e. The molecule has 8 nitrogen and oxygen atoms in total. The van der Waals surface area contributed by atoms with Gasteiger partial charge in [0.2, 0.25) is 17.8 Å². The lowest BCUT2D eigenvalue weighted by Gasteiger charge is -2.36. The van der Waals surface area contributed by atoms with E-state index in [1.165, 1.54) is 0 Å². The fourth-order valence-corrected chi connectivity index (χ4v) is 3.33. The first-order valence-corrected chi connectivity index (χ1v) is 9.43. The summed E-state index contributed by atoms with van der Waals surface area (Å²) in [5.41, 5.74) is 0.441. The van der Waals surface area contributed by atoms with Crippen molar-refractivity contribution >= 4 is 17.8 Å². The van der Waals surface area contributed by atoms with E-state index >= 15 is 0 Å². The quantitative estimate of drug-likeness (QED) is 0.805. The van der Waals surface area contributed by atoms with E-state index in [0.717, 1.165) is 5.56 Å². The molecule has 0 bridgehead atoms. The molecule has 0 unspecified atom stereocenters. The largest absolute Gasteiger partial charge is 0.381 e. The molecule has 1 aromatic heterocycles. The van der Waals surface area contributed by atoms with Gasteiger partial charge in [0.05, 0.1) is 12.0 Å². The van der Waals surface area contributed by atoms with E-state index < -0.39 is 5.41 Å². The summed E-state index contributed by atoms with van der Waals surface area (Å²) < 4.78 is 5.52. The molecule has 1 amide bonds. The van der Waals surface area contributed by atoms with Crippen LogP contribution >= 0.6 is 0 Å². The van der Waals surface area contributed by atoms with E-state index in [-0.39, 0.29) is 12.5 Å². The molecule has 0 radical (unpaired) electrons. The molecule has 8 heteroatoms. The standard InChI is InChI=1S/C20H28N6O2/c1-25(2)18-22-16(23-19(24-18)26(3)4)14-21-17(27)20(10-12-28-13-11-20)15-8-6-5-7-9-15/h5-9H,10-14H2,1-4H3,(H,21,27). The lowest BCUT2D eigenvalue weighted by molar-refractivity contribution is -0.130. The molecule has 28 heavy (non-hydrogen) atoms. The van der Waals surface area contributed by atoms with Crippen molar-refractivity contribution in [1.82, 2.24) is 20.3 Å². The van der Waals surface area contributed by atoms with E-state index in [1.54, 1.807) is 0 Å². The zero-order chi connectivity index (χ0) is 20.1. The Morgan fingerprint density at radius 1 is 1.00 bits per heavy atom. The third kappa shape index (κ3) is 4.22. The van der Waals surface area contributed by atoms with Gasteiger partial charge in [0, 0.05) is 41.4 Å². The minimum absolute atomic E-state index is 0.0137. The first-order chi connectivity index (χ1) is 13.4. The fourth-order valence-electron chi connectivity index (χ4n) is 3.33. The first-order valence-electron chi connectivity index (χ1n) is 9.43. The number of hydrogen-bond acceptors (Lipinski definition) is 7. The van der Waals surface area contributed by atoms with Crippen molar-refractivity contribution in [3.63, 3.8) is 0 Å². The lowest BCUT2D eigenvalue weighted by Crippen LogP contribution is -2.48. The number of hydrogen-bond donors (Lipinski definition) is 1. The molecule has 0 aliphatic carbocycles. The summed E-state index contributed by atoms with van der Waals surface area (Å²) in [5, 5.41) is 3.06. The van der Waals surface area contributed by atoms with Gasteiger partial charge < -0.3 is 19.9 Å². The van der Waals surface area contributed by atoms with Crippen LogP contribution in [0.3, 0.4) is 0 Å². The molecule has 2 heterocycles. The summed E-state index contributed by atoms with van der Waals surface area (Å²) in [6, 6.07) is 9.94. The van der Waals surface area contributed by atoms with Gasteiger partial charge in [-0.2, -0.15) is 15.0 Å². The predicted octanol–water partition coefficient (Wildman–Crippen LogP) is 1.37. The zero-order valence-electron chi connectivity index (χ0n) is 17.0. The summed E-state index contributed by atoms with van der Waals surface area (Å²) in [5.74, 6) is 1.64. The van der Waals surface area contributed by atoms with Crippen molar-refractivity contribution in [3.8, 4) is 0 Å². The van der Waals surface area contributed by atoms with Crippen LogP contribution in [0.15, 0.2) is 30.3 Å². The highest BCUT2D eigenvalue weighted by atomic mass is 16.5. The van der Waals surface area contributed by atoms with E-state index in [4.69, 9.17) is 4.74 Å². The average Bonchev–Trinajstić information content (AvgIpc) is 2.72. The third-order valence-electron chi connectivity index (χ3n) is 4.97. The summed E-state index contributed by atoms with van der Waals surface area (Å²) >= 11 is 0. The number of nitrogens with zero attached hydrogens (tertiary/aromatic N) is 5. The Hall–Kier alpha value is -2.74. The Morgan fingerprint density at radius 3 is 2.11 bits per heavy atom. The number of amides is 1. The highest BCUT2D eigenvalue weighted by molar-refractivity contribution is 5.88. The van der Waals surface area contributed by atoms with Crippen molar-refractivity contribution in [2.24, 2.45) is 0 Å². The molecule has 0 atom stereocenters. The van der Waals surface area contributed by atoms with Crippen LogP contribution in [0.1, 0.15) is 24.2 Å². The summed E-state index contributed by atoms with van der Waals surface area (Å²) in [4.78, 5) is 30.3. The summed E-state index contributed by atoms with van der Waals surface area (Å²) in [6.45, 7) is 1.39. The maximum absolute atomic E-state index is 13.3. The van der Waals surface area contributed by atoms with Crippen molar-refractivity contribution in [3.05, 3.63) is 41.7 Å². The third-order valence-corrected chi connectivity index (χ3v) is 4.97. The minimum atomic E-state index is -0.582. The van der Waals surface area contributed by atoms with E-state index in [0.29, 0.717) is 43.8 Å². The van der Waals surface area contributed by atoms with Gasteiger partial charge in [0.1, 0.15) is 0 Å². The Morgan fingerprint density at radius 2 is 1.57 bits per heavy atom. The number of rotatable bonds is 6. The Labute approximate surface area is 166 Å². The van der Waals surface area contributed by atoms with Crippen LogP contribution in [0, 0.1) is 0 Å². The molecule has 1 saturated heterocycles. The number of benzene rings is 1. The lowest BCUT2D eigenvalue weighted by atomic mass is 9.73. The van der Waals surface area contributed by atoms with Crippen molar-refractivity contribution in [2.45, 2.75) is 24.8 Å². The number of ether oxygens (including phenoxy) is 1. The highest BCUT2D eigenvalue weighted by Crippen LogP contribution is 2.35. The van der Waals surface area contributed by atoms with Gasteiger partial charge >= 0.3 is 0 Å². The number of nitrogens with one attached hydrogen (secondary N) is 1. The van der Waals surface area contributed by atoms with Crippen LogP contribution in [-0.2, 0) is 21.5 Å². The van der Waals surface area contributed by atoms with Crippen LogP contribution < -0.4 is 15.1 Å². The molecule has 0 saturated carbocycles. The van der Waals surface area contributed by atoms with Crippen LogP contribution in [0.2, 0.25) is 0 Å². The van der Waals surface area contributed by atoms with Gasteiger partial charge in [0.25, 0.3) is 0 Å². The SMILES string of the molecule is CN(C)c1nc(CNC(=O)C2(c3ccccc3)CCOCC2)nc(N(C)C)n1. The second-order valence-electron chi connectivity index (χ2n) is 7.38. The maximum atomic E-state index is 13.3. The molecule has 1 aromatic carbocycles. The van der Waals surface area contributed by atoms with E-state index in [9.17, 15) is 4.79 Å². The van der Waals surface area contributed by atoms with Gasteiger partial charge in [-0.15, -0.1) is 0 Å². The van der Waals surface area contributed by atoms with Gasteiger partial charge in [0.15, 0.2) is 5.82 Å². The average molecular weight is 384 g/mol. The zero-order valence-corrected chi connectivity index (χ0v) is 17.0. The van der Waals surface area contributed by atoms with Crippen LogP contribution in [-0.4, -0.2) is 62.3 Å². The molecule has 150 valence electrons. The fraction of sp³-hybridized carbons (Fsp3) is 0.500. The molecule has 2 aromatic rings. The van der Waals surface area contributed by atoms with Gasteiger partial charge in [-0.3, -0.25) is 4.79 Å². The maximum Gasteiger partial charge on any atom is 0.231 e. The Balaban J connectivity index is 1.82. The van der Waals surface area contributed by atoms with Crippen molar-refractivity contribution < 1.29 is 9.53 Å². The van der Waals surface area contributed by atoms with Crippen molar-refractivity contribution in [1.29, 1.82) is 0 Å². The topological polar surface area (TPSA) is 83.5 Å².